The van der Waals surface area contributed by atoms with Crippen LogP contribution in [0.2, 0.25) is 4.44 Å². The fourth-order valence-corrected chi connectivity index (χ4v) is 17.2. The molecular weight excluding hydrogens is 413 g/mol. The molecular formula is C21H35N3Sn. The van der Waals surface area contributed by atoms with Crippen LogP contribution >= 0.6 is 0 Å². The summed E-state index contributed by atoms with van der Waals surface area (Å²) in [6, 6.07) is 0. The zero-order valence-electron chi connectivity index (χ0n) is 15.8. The average molecular weight is 448 g/mol. The summed E-state index contributed by atoms with van der Waals surface area (Å²) < 4.78 is 8.60. The molecule has 0 aromatic rings. The minimum atomic E-state index is -3.34. The summed E-state index contributed by atoms with van der Waals surface area (Å²) in [7, 11) is 0. The molecule has 0 fully saturated rings. The van der Waals surface area contributed by atoms with E-state index in [0.29, 0.717) is 0 Å². The Bertz CT molecular complexity index is 380. The first kappa shape index (κ1) is 23.9. The predicted octanol–water partition coefficient (Wildman–Crippen LogP) is 4.13. The van der Waals surface area contributed by atoms with Gasteiger partial charge in [-0.05, 0) is 0 Å². The summed E-state index contributed by atoms with van der Waals surface area (Å²) in [4.78, 5) is 0. The first-order chi connectivity index (χ1) is 12.1. The van der Waals surface area contributed by atoms with Crippen LogP contribution in [0.5, 0.6) is 0 Å². The van der Waals surface area contributed by atoms with Gasteiger partial charge in [0.2, 0.25) is 0 Å². The zero-order valence-corrected chi connectivity index (χ0v) is 18.6. The standard InChI is InChI=1S/3C6H10N.C3H5.Sn/c3*1-3-5-7-6-4-2;1-3-2;/h3*3-4H,1-2,5-6H2;3H,1-2H2;/q3*-1;;+3. The number of hydrogen-bond acceptors (Lipinski definition) is 3. The summed E-state index contributed by atoms with van der Waals surface area (Å²) in [5.41, 5.74) is 0. The van der Waals surface area contributed by atoms with Crippen molar-refractivity contribution in [3.05, 3.63) is 88.6 Å². The summed E-state index contributed by atoms with van der Waals surface area (Å²) in [5, 5.41) is 0. The zero-order chi connectivity index (χ0) is 19.1. The molecule has 0 N–H and O–H groups in total. The molecule has 0 rings (SSSR count). The van der Waals surface area contributed by atoms with Gasteiger partial charge in [0.05, 0.1) is 0 Å². The third-order valence-electron chi connectivity index (χ3n) is 4.03. The Morgan fingerprint density at radius 3 is 0.840 bits per heavy atom. The first-order valence-corrected chi connectivity index (χ1v) is 14.5. The van der Waals surface area contributed by atoms with Crippen LogP contribution in [0.4, 0.5) is 0 Å². The Kier molecular flexibility index (Phi) is 13.4. The summed E-state index contributed by atoms with van der Waals surface area (Å²) in [6.45, 7) is 32.8. The van der Waals surface area contributed by atoms with Crippen molar-refractivity contribution in [2.75, 3.05) is 39.3 Å². The van der Waals surface area contributed by atoms with Crippen molar-refractivity contribution < 1.29 is 0 Å². The maximum absolute atomic E-state index is 4.07. The number of allylic oxidation sites excluding steroid dienone is 1. The Morgan fingerprint density at radius 1 is 0.440 bits per heavy atom. The molecule has 0 spiro atoms. The Labute approximate surface area is 160 Å². The average Bonchev–Trinajstić information content (AvgIpc) is 2.59. The van der Waals surface area contributed by atoms with E-state index in [1.165, 1.54) is 0 Å². The van der Waals surface area contributed by atoms with Crippen LogP contribution in [0.1, 0.15) is 0 Å². The molecule has 0 radical (unpaired) electrons. The molecule has 0 aliphatic carbocycles. The molecule has 0 aromatic heterocycles. The van der Waals surface area contributed by atoms with Crippen molar-refractivity contribution in [1.29, 1.82) is 0 Å². The van der Waals surface area contributed by atoms with Gasteiger partial charge in [-0.3, -0.25) is 0 Å². The minimum absolute atomic E-state index is 0.811. The number of nitrogens with zero attached hydrogens (tertiary/aromatic N) is 3. The topological polar surface area (TPSA) is 9.72 Å². The van der Waals surface area contributed by atoms with Crippen molar-refractivity contribution in [3.63, 3.8) is 0 Å². The van der Waals surface area contributed by atoms with Crippen molar-refractivity contribution >= 4 is 19.2 Å². The summed E-state index contributed by atoms with van der Waals surface area (Å²) in [5.74, 6) is 0. The van der Waals surface area contributed by atoms with Crippen molar-refractivity contribution in [3.8, 4) is 0 Å². The predicted molar refractivity (Wildman–Crippen MR) is 117 cm³/mol. The molecule has 0 aliphatic heterocycles. The first-order valence-electron chi connectivity index (χ1n) is 8.64. The summed E-state index contributed by atoms with van der Waals surface area (Å²) in [6.07, 6.45) is 13.9. The van der Waals surface area contributed by atoms with Crippen LogP contribution in [0.3, 0.4) is 0 Å². The molecule has 0 atom stereocenters. The van der Waals surface area contributed by atoms with E-state index in [2.05, 4.69) is 55.4 Å². The quantitative estimate of drug-likeness (QED) is 0.245. The van der Waals surface area contributed by atoms with Gasteiger partial charge in [0.15, 0.2) is 0 Å². The van der Waals surface area contributed by atoms with Gasteiger partial charge in [-0.2, -0.15) is 0 Å². The fraction of sp³-hybridized carbons (Fsp3) is 0.333. The third-order valence-corrected chi connectivity index (χ3v) is 18.2. The molecule has 3 nitrogen and oxygen atoms in total. The molecule has 0 unspecified atom stereocenters. The van der Waals surface area contributed by atoms with Crippen LogP contribution in [-0.2, 0) is 0 Å². The van der Waals surface area contributed by atoms with Crippen molar-refractivity contribution in [2.45, 2.75) is 4.44 Å². The molecule has 0 amide bonds. The van der Waals surface area contributed by atoms with Gasteiger partial charge in [-0.25, -0.2) is 0 Å². The van der Waals surface area contributed by atoms with E-state index in [4.69, 9.17) is 0 Å². The second-order valence-electron chi connectivity index (χ2n) is 5.71. The van der Waals surface area contributed by atoms with E-state index in [-0.39, 0.29) is 0 Å². The van der Waals surface area contributed by atoms with Crippen molar-refractivity contribution in [1.82, 2.24) is 9.36 Å². The van der Waals surface area contributed by atoms with E-state index in [0.717, 1.165) is 43.7 Å². The van der Waals surface area contributed by atoms with E-state index in [1.54, 1.807) is 0 Å². The molecule has 0 saturated heterocycles. The van der Waals surface area contributed by atoms with Gasteiger partial charge >= 0.3 is 161 Å². The molecule has 4 heteroatoms. The van der Waals surface area contributed by atoms with E-state index >= 15 is 0 Å². The van der Waals surface area contributed by atoms with Gasteiger partial charge in [-0.1, -0.05) is 0 Å². The maximum atomic E-state index is 4.07. The Morgan fingerprint density at radius 2 is 0.680 bits per heavy atom. The van der Waals surface area contributed by atoms with Crippen LogP contribution in [0.15, 0.2) is 88.6 Å². The Hall–Kier alpha value is -1.14. The summed E-state index contributed by atoms with van der Waals surface area (Å²) >= 11 is -3.34. The Balaban J connectivity index is 6.46. The van der Waals surface area contributed by atoms with Gasteiger partial charge in [0.25, 0.3) is 0 Å². The molecule has 25 heavy (non-hydrogen) atoms. The van der Waals surface area contributed by atoms with Gasteiger partial charge in [-0.15, -0.1) is 0 Å². The van der Waals surface area contributed by atoms with E-state index in [9.17, 15) is 0 Å². The monoisotopic (exact) mass is 449 g/mol. The molecule has 0 aromatic carbocycles. The van der Waals surface area contributed by atoms with E-state index in [1.807, 2.05) is 42.5 Å². The SMILES string of the molecule is C=CC[N](CC=C)[Sn]([CH2]C=C)([N](CC=C)CC=C)[N](CC=C)CC=C. The molecule has 0 aliphatic rings. The second kappa shape index (κ2) is 14.1. The number of hydrogen-bond donors (Lipinski definition) is 0. The second-order valence-corrected chi connectivity index (χ2v) is 16.7. The third kappa shape index (κ3) is 6.59. The van der Waals surface area contributed by atoms with Gasteiger partial charge in [0.1, 0.15) is 0 Å². The van der Waals surface area contributed by atoms with Crippen LogP contribution in [-0.4, -0.2) is 67.8 Å². The van der Waals surface area contributed by atoms with E-state index < -0.39 is 19.2 Å². The van der Waals surface area contributed by atoms with Crippen LogP contribution in [0, 0.1) is 0 Å². The van der Waals surface area contributed by atoms with Gasteiger partial charge < -0.3 is 0 Å². The fourth-order valence-electron chi connectivity index (χ4n) is 3.22. The van der Waals surface area contributed by atoms with Crippen LogP contribution in [0.25, 0.3) is 0 Å². The molecule has 0 bridgehead atoms. The molecule has 0 saturated carbocycles. The molecule has 0 heterocycles. The van der Waals surface area contributed by atoms with Crippen LogP contribution < -0.4 is 0 Å². The molecule has 138 valence electrons. The normalized spacial score (nSPS) is 11.3. The van der Waals surface area contributed by atoms with Gasteiger partial charge in [0, 0.05) is 0 Å². The number of rotatable bonds is 17. The van der Waals surface area contributed by atoms with Crippen molar-refractivity contribution in [2.24, 2.45) is 0 Å².